The zero-order valence-electron chi connectivity index (χ0n) is 18.0. The zero-order valence-corrected chi connectivity index (χ0v) is 18.0. The number of carbonyl (C=O) groups is 1. The second kappa shape index (κ2) is 9.47. The Labute approximate surface area is 182 Å². The van der Waals surface area contributed by atoms with E-state index >= 15 is 0 Å². The smallest absolute Gasteiger partial charge is 0.258 e. The molecule has 1 heterocycles. The van der Waals surface area contributed by atoms with Crippen LogP contribution in [0.15, 0.2) is 72.8 Å². The minimum Gasteiger partial charge on any atom is -0.483 e. The lowest BCUT2D eigenvalue weighted by Gasteiger charge is -2.12. The Hall–Kier alpha value is -3.60. The lowest BCUT2D eigenvalue weighted by atomic mass is 10.1. The maximum atomic E-state index is 12.4. The van der Waals surface area contributed by atoms with Crippen LogP contribution in [0, 0.1) is 13.8 Å². The first kappa shape index (κ1) is 20.7. The van der Waals surface area contributed by atoms with Gasteiger partial charge in [0.15, 0.2) is 6.61 Å². The van der Waals surface area contributed by atoms with Gasteiger partial charge in [-0.25, -0.2) is 4.98 Å². The van der Waals surface area contributed by atoms with Crippen LogP contribution in [0.5, 0.6) is 5.75 Å². The molecule has 0 aliphatic heterocycles. The molecule has 0 fully saturated rings. The molecule has 0 unspecified atom stereocenters. The molecule has 1 N–H and O–H groups in total. The second-order valence-electron chi connectivity index (χ2n) is 7.74. The van der Waals surface area contributed by atoms with Crippen LogP contribution in [0.25, 0.3) is 11.0 Å². The first-order valence-electron chi connectivity index (χ1n) is 10.5. The summed E-state index contributed by atoms with van der Waals surface area (Å²) in [6, 6.07) is 24.4. The van der Waals surface area contributed by atoms with Crippen molar-refractivity contribution in [1.82, 2.24) is 14.9 Å². The molecule has 0 bridgehead atoms. The van der Waals surface area contributed by atoms with Crippen molar-refractivity contribution in [3.63, 3.8) is 0 Å². The summed E-state index contributed by atoms with van der Waals surface area (Å²) in [5.74, 6) is 1.42. The first-order chi connectivity index (χ1) is 15.1. The van der Waals surface area contributed by atoms with E-state index in [-0.39, 0.29) is 12.5 Å². The molecule has 5 nitrogen and oxygen atoms in total. The average molecular weight is 414 g/mol. The molecule has 1 amide bonds. The van der Waals surface area contributed by atoms with Crippen LogP contribution in [-0.2, 0) is 24.3 Å². The van der Waals surface area contributed by atoms with E-state index in [1.54, 1.807) is 0 Å². The fourth-order valence-corrected chi connectivity index (χ4v) is 3.63. The lowest BCUT2D eigenvalue weighted by Crippen LogP contribution is -2.29. The Morgan fingerprint density at radius 3 is 2.61 bits per heavy atom. The number of carbonyl (C=O) groups excluding carboxylic acids is 1. The molecule has 31 heavy (non-hydrogen) atoms. The molecule has 5 heteroatoms. The molecular formula is C26H27N3O2. The molecule has 0 atom stereocenters. The number of rotatable bonds is 8. The number of benzene rings is 3. The van der Waals surface area contributed by atoms with E-state index in [0.29, 0.717) is 6.54 Å². The van der Waals surface area contributed by atoms with Crippen LogP contribution in [0.1, 0.15) is 22.5 Å². The highest BCUT2D eigenvalue weighted by atomic mass is 16.5. The van der Waals surface area contributed by atoms with Gasteiger partial charge in [-0.15, -0.1) is 0 Å². The van der Waals surface area contributed by atoms with E-state index in [9.17, 15) is 4.79 Å². The SMILES string of the molecule is Cc1ccc(C)c(OCC(=O)NCc2nc3ccccc3n2CCc2ccccc2)c1. The maximum absolute atomic E-state index is 12.4. The summed E-state index contributed by atoms with van der Waals surface area (Å²) >= 11 is 0. The minimum absolute atomic E-state index is 0.0193. The van der Waals surface area contributed by atoms with Crippen molar-refractivity contribution in [3.05, 3.63) is 95.3 Å². The molecule has 1 aromatic heterocycles. The molecule has 3 aromatic carbocycles. The van der Waals surface area contributed by atoms with Gasteiger partial charge in [0.25, 0.3) is 5.91 Å². The predicted molar refractivity (Wildman–Crippen MR) is 123 cm³/mol. The van der Waals surface area contributed by atoms with Crippen LogP contribution in [0.4, 0.5) is 0 Å². The van der Waals surface area contributed by atoms with Crippen LogP contribution < -0.4 is 10.1 Å². The molecule has 4 rings (SSSR count). The van der Waals surface area contributed by atoms with Gasteiger partial charge in [0.2, 0.25) is 0 Å². The summed E-state index contributed by atoms with van der Waals surface area (Å²) in [6.07, 6.45) is 0.901. The van der Waals surface area contributed by atoms with Crippen molar-refractivity contribution in [2.24, 2.45) is 0 Å². The zero-order chi connectivity index (χ0) is 21.6. The summed E-state index contributed by atoms with van der Waals surface area (Å²) in [4.78, 5) is 17.2. The molecule has 0 spiro atoms. The topological polar surface area (TPSA) is 56.1 Å². The number of ether oxygens (including phenoxy) is 1. The fourth-order valence-electron chi connectivity index (χ4n) is 3.63. The van der Waals surface area contributed by atoms with Gasteiger partial charge in [0.1, 0.15) is 11.6 Å². The summed E-state index contributed by atoms with van der Waals surface area (Å²) in [5.41, 5.74) is 5.41. The monoisotopic (exact) mass is 413 g/mol. The Balaban J connectivity index is 1.42. The van der Waals surface area contributed by atoms with Gasteiger partial charge >= 0.3 is 0 Å². The van der Waals surface area contributed by atoms with E-state index in [1.807, 2.05) is 56.3 Å². The number of hydrogen-bond acceptors (Lipinski definition) is 3. The van der Waals surface area contributed by atoms with Crippen LogP contribution >= 0.6 is 0 Å². The lowest BCUT2D eigenvalue weighted by molar-refractivity contribution is -0.123. The van der Waals surface area contributed by atoms with Crippen molar-refractivity contribution in [2.45, 2.75) is 33.4 Å². The quantitative estimate of drug-likeness (QED) is 0.460. The van der Waals surface area contributed by atoms with Crippen molar-refractivity contribution < 1.29 is 9.53 Å². The third-order valence-electron chi connectivity index (χ3n) is 5.35. The highest BCUT2D eigenvalue weighted by Crippen LogP contribution is 2.19. The summed E-state index contributed by atoms with van der Waals surface area (Å²) < 4.78 is 7.91. The van der Waals surface area contributed by atoms with Gasteiger partial charge in [0, 0.05) is 6.54 Å². The highest BCUT2D eigenvalue weighted by molar-refractivity contribution is 5.78. The molecule has 4 aromatic rings. The Kier molecular flexibility index (Phi) is 6.32. The number of aryl methyl sites for hydroxylation is 4. The van der Waals surface area contributed by atoms with Crippen LogP contribution in [0.3, 0.4) is 0 Å². The summed E-state index contributed by atoms with van der Waals surface area (Å²) in [6.45, 7) is 5.12. The van der Waals surface area contributed by atoms with Gasteiger partial charge in [-0.2, -0.15) is 0 Å². The average Bonchev–Trinajstić information content (AvgIpc) is 3.15. The molecule has 0 saturated heterocycles. The Morgan fingerprint density at radius 2 is 1.77 bits per heavy atom. The molecular weight excluding hydrogens is 386 g/mol. The van der Waals surface area contributed by atoms with E-state index in [1.165, 1.54) is 5.56 Å². The number of para-hydroxylation sites is 2. The second-order valence-corrected chi connectivity index (χ2v) is 7.74. The van der Waals surface area contributed by atoms with Crippen molar-refractivity contribution in [1.29, 1.82) is 0 Å². The number of imidazole rings is 1. The molecule has 158 valence electrons. The van der Waals surface area contributed by atoms with Crippen molar-refractivity contribution in [3.8, 4) is 5.75 Å². The number of nitrogens with zero attached hydrogens (tertiary/aromatic N) is 2. The largest absolute Gasteiger partial charge is 0.483 e. The number of fused-ring (bicyclic) bond motifs is 1. The highest BCUT2D eigenvalue weighted by Gasteiger charge is 2.12. The van der Waals surface area contributed by atoms with Crippen LogP contribution in [0.2, 0.25) is 0 Å². The normalized spacial score (nSPS) is 10.9. The maximum Gasteiger partial charge on any atom is 0.258 e. The fraction of sp³-hybridized carbons (Fsp3) is 0.231. The molecule has 0 radical (unpaired) electrons. The number of amides is 1. The molecule has 0 saturated carbocycles. The molecule has 0 aliphatic rings. The van der Waals surface area contributed by atoms with Crippen molar-refractivity contribution >= 4 is 16.9 Å². The third-order valence-corrected chi connectivity index (χ3v) is 5.35. The van der Waals surface area contributed by atoms with E-state index in [4.69, 9.17) is 9.72 Å². The van der Waals surface area contributed by atoms with Gasteiger partial charge in [0.05, 0.1) is 17.6 Å². The minimum atomic E-state index is -0.164. The van der Waals surface area contributed by atoms with Crippen LogP contribution in [-0.4, -0.2) is 22.1 Å². The number of nitrogens with one attached hydrogen (secondary N) is 1. The van der Waals surface area contributed by atoms with Gasteiger partial charge in [-0.3, -0.25) is 4.79 Å². The number of hydrogen-bond donors (Lipinski definition) is 1. The number of aromatic nitrogens is 2. The molecule has 0 aliphatic carbocycles. The van der Waals surface area contributed by atoms with Crippen molar-refractivity contribution in [2.75, 3.05) is 6.61 Å². The summed E-state index contributed by atoms with van der Waals surface area (Å²) in [5, 5.41) is 2.96. The predicted octanol–water partition coefficient (Wildman–Crippen LogP) is 4.59. The van der Waals surface area contributed by atoms with E-state index in [2.05, 4.69) is 40.2 Å². The Bertz CT molecular complexity index is 1180. The van der Waals surface area contributed by atoms with E-state index < -0.39 is 0 Å². The van der Waals surface area contributed by atoms with E-state index in [0.717, 1.165) is 46.7 Å². The van der Waals surface area contributed by atoms with Gasteiger partial charge in [-0.05, 0) is 55.2 Å². The van der Waals surface area contributed by atoms with Gasteiger partial charge in [-0.1, -0.05) is 54.6 Å². The first-order valence-corrected chi connectivity index (χ1v) is 10.5. The standard InChI is InChI=1S/C26H27N3O2/c1-19-12-13-20(2)24(16-19)31-18-26(30)27-17-25-28-22-10-6-7-11-23(22)29(25)15-14-21-8-4-3-5-9-21/h3-13,16H,14-15,17-18H2,1-2H3,(H,27,30). The van der Waals surface area contributed by atoms with Gasteiger partial charge < -0.3 is 14.6 Å². The summed E-state index contributed by atoms with van der Waals surface area (Å²) in [7, 11) is 0. The third kappa shape index (κ3) is 5.12. The Morgan fingerprint density at radius 1 is 1.00 bits per heavy atom.